The maximum atomic E-state index is 12.8. The Labute approximate surface area is 147 Å². The topological polar surface area (TPSA) is 64.2 Å². The molecule has 2 unspecified atom stereocenters. The molecule has 1 aromatic heterocycles. The van der Waals surface area contributed by atoms with Crippen molar-refractivity contribution < 1.29 is 13.6 Å². The first kappa shape index (κ1) is 22.1. The van der Waals surface area contributed by atoms with E-state index in [-0.39, 0.29) is 49.0 Å². The van der Waals surface area contributed by atoms with Crippen molar-refractivity contribution >= 4 is 30.7 Å². The fourth-order valence-electron chi connectivity index (χ4n) is 2.96. The maximum absolute atomic E-state index is 12.8. The predicted octanol–water partition coefficient (Wildman–Crippen LogP) is 2.99. The van der Waals surface area contributed by atoms with E-state index in [9.17, 15) is 13.6 Å². The summed E-state index contributed by atoms with van der Waals surface area (Å²) in [7, 11) is 1.61. The molecule has 0 aromatic carbocycles. The van der Waals surface area contributed by atoms with Gasteiger partial charge in [0.15, 0.2) is 0 Å². The lowest BCUT2D eigenvalue weighted by molar-refractivity contribution is -0.138. The van der Waals surface area contributed by atoms with E-state index < -0.39 is 12.1 Å². The van der Waals surface area contributed by atoms with Gasteiger partial charge in [0, 0.05) is 25.0 Å². The molecule has 0 aliphatic heterocycles. The summed E-state index contributed by atoms with van der Waals surface area (Å²) >= 11 is 0. The standard InChI is InChI=1S/C14H22F2N4O.2ClH/c1-14(17)6-4-3-5-10(14)12(21)19(2)9-11-18-7-8-20(11)13(15)16;;/h7-8,10,13H,3-6,9,17H2,1-2H3;2*1H. The van der Waals surface area contributed by atoms with Crippen LogP contribution in [0.5, 0.6) is 0 Å². The van der Waals surface area contributed by atoms with Crippen LogP contribution in [0.25, 0.3) is 0 Å². The van der Waals surface area contributed by atoms with Gasteiger partial charge in [-0.2, -0.15) is 8.78 Å². The van der Waals surface area contributed by atoms with Gasteiger partial charge in [-0.15, -0.1) is 24.8 Å². The Kier molecular flexibility index (Phi) is 8.45. The molecule has 1 fully saturated rings. The molecule has 0 radical (unpaired) electrons. The molecule has 2 atom stereocenters. The number of carbonyl (C=O) groups is 1. The highest BCUT2D eigenvalue weighted by molar-refractivity contribution is 5.85. The minimum absolute atomic E-state index is 0. The summed E-state index contributed by atoms with van der Waals surface area (Å²) in [5, 5.41) is 0. The zero-order valence-electron chi connectivity index (χ0n) is 13.2. The Morgan fingerprint density at radius 1 is 1.52 bits per heavy atom. The van der Waals surface area contributed by atoms with Crippen molar-refractivity contribution in [3.63, 3.8) is 0 Å². The van der Waals surface area contributed by atoms with Gasteiger partial charge in [0.05, 0.1) is 12.5 Å². The van der Waals surface area contributed by atoms with Gasteiger partial charge in [-0.25, -0.2) is 4.98 Å². The Morgan fingerprint density at radius 2 is 2.17 bits per heavy atom. The molecule has 1 aliphatic carbocycles. The van der Waals surface area contributed by atoms with Crippen LogP contribution in [0.4, 0.5) is 8.78 Å². The van der Waals surface area contributed by atoms with Crippen LogP contribution in [0.2, 0.25) is 0 Å². The zero-order chi connectivity index (χ0) is 15.6. The van der Waals surface area contributed by atoms with E-state index in [2.05, 4.69) is 4.98 Å². The Bertz CT molecular complexity index is 511. The molecule has 23 heavy (non-hydrogen) atoms. The Morgan fingerprint density at radius 3 is 2.74 bits per heavy atom. The predicted molar refractivity (Wildman–Crippen MR) is 89.0 cm³/mol. The first-order valence-corrected chi connectivity index (χ1v) is 7.16. The number of alkyl halides is 2. The molecule has 2 N–H and O–H groups in total. The number of aromatic nitrogens is 2. The second-order valence-electron chi connectivity index (χ2n) is 6.03. The van der Waals surface area contributed by atoms with E-state index in [1.165, 1.54) is 17.3 Å². The molecule has 134 valence electrons. The second-order valence-corrected chi connectivity index (χ2v) is 6.03. The largest absolute Gasteiger partial charge is 0.338 e. The quantitative estimate of drug-likeness (QED) is 0.883. The van der Waals surface area contributed by atoms with Gasteiger partial charge in [-0.3, -0.25) is 9.36 Å². The highest BCUT2D eigenvalue weighted by Crippen LogP contribution is 2.33. The second kappa shape index (κ2) is 8.80. The van der Waals surface area contributed by atoms with Crippen LogP contribution in [-0.4, -0.2) is 32.9 Å². The molecule has 5 nitrogen and oxygen atoms in total. The molecule has 1 aromatic rings. The maximum Gasteiger partial charge on any atom is 0.319 e. The van der Waals surface area contributed by atoms with Crippen LogP contribution in [0.1, 0.15) is 45.0 Å². The van der Waals surface area contributed by atoms with E-state index in [0.717, 1.165) is 30.3 Å². The molecule has 1 amide bonds. The molecular weight excluding hydrogens is 349 g/mol. The lowest BCUT2D eigenvalue weighted by Crippen LogP contribution is -2.53. The third kappa shape index (κ3) is 5.02. The summed E-state index contributed by atoms with van der Waals surface area (Å²) in [6.45, 7) is -0.703. The molecule has 0 spiro atoms. The number of nitrogens with zero attached hydrogens (tertiary/aromatic N) is 3. The summed E-state index contributed by atoms with van der Waals surface area (Å²) in [5.41, 5.74) is 5.70. The number of imidazole rings is 1. The van der Waals surface area contributed by atoms with Gasteiger partial charge < -0.3 is 10.6 Å². The van der Waals surface area contributed by atoms with Crippen molar-refractivity contribution in [1.82, 2.24) is 14.5 Å². The van der Waals surface area contributed by atoms with E-state index in [1.54, 1.807) is 7.05 Å². The van der Waals surface area contributed by atoms with E-state index >= 15 is 0 Å². The lowest BCUT2D eigenvalue weighted by Gasteiger charge is -2.39. The molecule has 0 saturated heterocycles. The van der Waals surface area contributed by atoms with Crippen LogP contribution in [0, 0.1) is 5.92 Å². The minimum Gasteiger partial charge on any atom is -0.338 e. The number of halogens is 4. The number of rotatable bonds is 4. The third-order valence-corrected chi connectivity index (χ3v) is 4.27. The average molecular weight is 373 g/mol. The van der Waals surface area contributed by atoms with Gasteiger partial charge in [0.1, 0.15) is 5.82 Å². The molecule has 9 heteroatoms. The van der Waals surface area contributed by atoms with Crippen molar-refractivity contribution in [3.8, 4) is 0 Å². The van der Waals surface area contributed by atoms with Gasteiger partial charge in [0.2, 0.25) is 5.91 Å². The first-order chi connectivity index (χ1) is 9.83. The summed E-state index contributed by atoms with van der Waals surface area (Å²) in [6.07, 6.45) is 6.08. The third-order valence-electron chi connectivity index (χ3n) is 4.27. The number of amides is 1. The normalized spacial score (nSPS) is 23.8. The fourth-order valence-corrected chi connectivity index (χ4v) is 2.96. The molecule has 1 aliphatic rings. The van der Waals surface area contributed by atoms with Crippen molar-refractivity contribution in [3.05, 3.63) is 18.2 Å². The van der Waals surface area contributed by atoms with Crippen molar-refractivity contribution in [2.24, 2.45) is 11.7 Å². The van der Waals surface area contributed by atoms with Crippen molar-refractivity contribution in [2.75, 3.05) is 7.05 Å². The van der Waals surface area contributed by atoms with E-state index in [1.807, 2.05) is 6.92 Å². The molecule has 1 saturated carbocycles. The van der Waals surface area contributed by atoms with Crippen LogP contribution in [0.3, 0.4) is 0 Å². The number of nitrogens with two attached hydrogens (primary N) is 1. The average Bonchev–Trinajstić information content (AvgIpc) is 2.85. The van der Waals surface area contributed by atoms with Gasteiger partial charge in [0.25, 0.3) is 0 Å². The number of hydrogen-bond donors (Lipinski definition) is 1. The summed E-state index contributed by atoms with van der Waals surface area (Å²) in [4.78, 5) is 17.9. The minimum atomic E-state index is -2.65. The molecular formula is C14H24Cl2F2N4O. The van der Waals surface area contributed by atoms with Gasteiger partial charge >= 0.3 is 6.55 Å². The molecule has 1 heterocycles. The first-order valence-electron chi connectivity index (χ1n) is 7.16. The van der Waals surface area contributed by atoms with E-state index in [0.29, 0.717) is 0 Å². The Balaban J connectivity index is 0.00000242. The van der Waals surface area contributed by atoms with E-state index in [4.69, 9.17) is 5.73 Å². The van der Waals surface area contributed by atoms with Gasteiger partial charge in [-0.1, -0.05) is 12.8 Å². The lowest BCUT2D eigenvalue weighted by atomic mass is 9.74. The smallest absolute Gasteiger partial charge is 0.319 e. The highest BCUT2D eigenvalue weighted by Gasteiger charge is 2.39. The molecule has 2 rings (SSSR count). The van der Waals surface area contributed by atoms with Crippen molar-refractivity contribution in [2.45, 2.75) is 51.2 Å². The number of hydrogen-bond acceptors (Lipinski definition) is 3. The zero-order valence-corrected chi connectivity index (χ0v) is 14.9. The van der Waals surface area contributed by atoms with Crippen LogP contribution in [0.15, 0.2) is 12.4 Å². The Hall–Kier alpha value is -0.920. The van der Waals surface area contributed by atoms with Crippen molar-refractivity contribution in [1.29, 1.82) is 0 Å². The number of carbonyl (C=O) groups excluding carboxylic acids is 1. The summed E-state index contributed by atoms with van der Waals surface area (Å²) in [6, 6.07) is 0. The van der Waals surface area contributed by atoms with Crippen LogP contribution >= 0.6 is 24.8 Å². The van der Waals surface area contributed by atoms with Crippen LogP contribution < -0.4 is 5.73 Å². The SMILES string of the molecule is CN(Cc1nccn1C(F)F)C(=O)C1CCCCC1(C)N.Cl.Cl. The summed E-state index contributed by atoms with van der Waals surface area (Å²) in [5.74, 6) is -0.176. The summed E-state index contributed by atoms with van der Waals surface area (Å²) < 4.78 is 26.3. The fraction of sp³-hybridized carbons (Fsp3) is 0.714. The monoisotopic (exact) mass is 372 g/mol. The van der Waals surface area contributed by atoms with Crippen LogP contribution in [-0.2, 0) is 11.3 Å². The molecule has 0 bridgehead atoms. The highest BCUT2D eigenvalue weighted by atomic mass is 35.5. The van der Waals surface area contributed by atoms with Gasteiger partial charge in [-0.05, 0) is 19.8 Å².